The summed E-state index contributed by atoms with van der Waals surface area (Å²) < 4.78 is 5.15. The van der Waals surface area contributed by atoms with Gasteiger partial charge in [-0.05, 0) is 17.7 Å². The minimum Gasteiger partial charge on any atom is -0.367 e. The first-order chi connectivity index (χ1) is 6.83. The molecule has 0 saturated heterocycles. The third-order valence-corrected chi connectivity index (χ3v) is 1.52. The SMILES string of the molecule is CNNC(=O)COCc1ccncc1. The first-order valence-electron chi connectivity index (χ1n) is 4.25. The molecule has 0 aliphatic carbocycles. The van der Waals surface area contributed by atoms with Gasteiger partial charge in [0, 0.05) is 19.4 Å². The molecule has 0 aliphatic heterocycles. The van der Waals surface area contributed by atoms with Crippen LogP contribution < -0.4 is 10.9 Å². The molecule has 0 aromatic carbocycles. The fraction of sp³-hybridized carbons (Fsp3) is 0.333. The first kappa shape index (κ1) is 10.6. The fourth-order valence-corrected chi connectivity index (χ4v) is 0.916. The van der Waals surface area contributed by atoms with Crippen LogP contribution in [0.3, 0.4) is 0 Å². The topological polar surface area (TPSA) is 63.2 Å². The zero-order valence-electron chi connectivity index (χ0n) is 7.99. The Labute approximate surface area is 82.5 Å². The van der Waals surface area contributed by atoms with Gasteiger partial charge in [0.05, 0.1) is 6.61 Å². The lowest BCUT2D eigenvalue weighted by atomic mass is 10.3. The van der Waals surface area contributed by atoms with Crippen LogP contribution >= 0.6 is 0 Å². The van der Waals surface area contributed by atoms with Gasteiger partial charge in [-0.2, -0.15) is 0 Å². The lowest BCUT2D eigenvalue weighted by molar-refractivity contribution is -0.126. The summed E-state index contributed by atoms with van der Waals surface area (Å²) in [5.74, 6) is -0.193. The second kappa shape index (κ2) is 6.06. The van der Waals surface area contributed by atoms with E-state index in [0.717, 1.165) is 5.56 Å². The van der Waals surface area contributed by atoms with Gasteiger partial charge in [-0.1, -0.05) is 0 Å². The molecule has 0 bridgehead atoms. The van der Waals surface area contributed by atoms with Gasteiger partial charge < -0.3 is 4.74 Å². The zero-order chi connectivity index (χ0) is 10.2. The van der Waals surface area contributed by atoms with Crippen molar-refractivity contribution in [3.63, 3.8) is 0 Å². The van der Waals surface area contributed by atoms with Gasteiger partial charge in [-0.15, -0.1) is 0 Å². The predicted octanol–water partition coefficient (Wildman–Crippen LogP) is -0.151. The fourth-order valence-electron chi connectivity index (χ4n) is 0.916. The Kier molecular flexibility index (Phi) is 4.60. The molecule has 5 nitrogen and oxygen atoms in total. The number of ether oxygens (including phenoxy) is 1. The molecule has 0 aliphatic rings. The molecular weight excluding hydrogens is 182 g/mol. The summed E-state index contributed by atoms with van der Waals surface area (Å²) in [6.07, 6.45) is 3.37. The monoisotopic (exact) mass is 195 g/mol. The summed E-state index contributed by atoms with van der Waals surface area (Å²) in [5.41, 5.74) is 5.93. The highest BCUT2D eigenvalue weighted by Crippen LogP contribution is 1.97. The Morgan fingerprint density at radius 2 is 2.21 bits per heavy atom. The van der Waals surface area contributed by atoms with Crippen LogP contribution in [0.4, 0.5) is 0 Å². The van der Waals surface area contributed by atoms with E-state index in [9.17, 15) is 4.79 Å². The molecule has 1 amide bonds. The summed E-state index contributed by atoms with van der Waals surface area (Å²) in [7, 11) is 1.63. The van der Waals surface area contributed by atoms with Crippen LogP contribution in [0, 0.1) is 0 Å². The highest BCUT2D eigenvalue weighted by molar-refractivity contribution is 5.76. The Hall–Kier alpha value is -1.46. The highest BCUT2D eigenvalue weighted by Gasteiger charge is 1.98. The maximum absolute atomic E-state index is 10.9. The molecule has 0 fully saturated rings. The van der Waals surface area contributed by atoms with Crippen LogP contribution in [-0.2, 0) is 16.1 Å². The number of carbonyl (C=O) groups is 1. The van der Waals surface area contributed by atoms with Gasteiger partial charge in [0.1, 0.15) is 6.61 Å². The third kappa shape index (κ3) is 3.97. The number of nitrogens with zero attached hydrogens (tertiary/aromatic N) is 1. The molecule has 0 atom stereocenters. The number of hydrogen-bond donors (Lipinski definition) is 2. The van der Waals surface area contributed by atoms with E-state index in [2.05, 4.69) is 15.8 Å². The van der Waals surface area contributed by atoms with Crippen molar-refractivity contribution in [2.45, 2.75) is 6.61 Å². The minimum atomic E-state index is -0.193. The maximum atomic E-state index is 10.9. The minimum absolute atomic E-state index is 0.0448. The molecule has 0 unspecified atom stereocenters. The number of aromatic nitrogens is 1. The number of carbonyl (C=O) groups excluding carboxylic acids is 1. The van der Waals surface area contributed by atoms with E-state index in [1.807, 2.05) is 12.1 Å². The summed E-state index contributed by atoms with van der Waals surface area (Å²) in [5, 5.41) is 0. The van der Waals surface area contributed by atoms with Crippen LogP contribution in [0.25, 0.3) is 0 Å². The number of hydrogen-bond acceptors (Lipinski definition) is 4. The van der Waals surface area contributed by atoms with Crippen molar-refractivity contribution in [3.05, 3.63) is 30.1 Å². The van der Waals surface area contributed by atoms with Crippen molar-refractivity contribution in [2.75, 3.05) is 13.7 Å². The molecule has 1 rings (SSSR count). The molecule has 0 saturated carbocycles. The molecule has 1 aromatic rings. The summed E-state index contributed by atoms with van der Waals surface area (Å²) >= 11 is 0. The van der Waals surface area contributed by atoms with E-state index in [-0.39, 0.29) is 12.5 Å². The summed E-state index contributed by atoms with van der Waals surface area (Å²) in [6.45, 7) is 0.461. The lowest BCUT2D eigenvalue weighted by Crippen LogP contribution is -2.36. The van der Waals surface area contributed by atoms with Crippen molar-refractivity contribution in [1.29, 1.82) is 0 Å². The second-order valence-corrected chi connectivity index (χ2v) is 2.65. The molecule has 14 heavy (non-hydrogen) atoms. The van der Waals surface area contributed by atoms with Crippen LogP contribution in [0.1, 0.15) is 5.56 Å². The third-order valence-electron chi connectivity index (χ3n) is 1.52. The number of pyridine rings is 1. The number of amides is 1. The van der Waals surface area contributed by atoms with Crippen molar-refractivity contribution < 1.29 is 9.53 Å². The van der Waals surface area contributed by atoms with Crippen LogP contribution in [-0.4, -0.2) is 24.5 Å². The molecule has 0 radical (unpaired) electrons. The van der Waals surface area contributed by atoms with E-state index in [4.69, 9.17) is 4.74 Å². The normalized spacial score (nSPS) is 9.79. The van der Waals surface area contributed by atoms with E-state index >= 15 is 0 Å². The van der Waals surface area contributed by atoms with E-state index in [1.54, 1.807) is 19.4 Å². The van der Waals surface area contributed by atoms with Gasteiger partial charge >= 0.3 is 0 Å². The van der Waals surface area contributed by atoms with Crippen molar-refractivity contribution in [2.24, 2.45) is 0 Å². The van der Waals surface area contributed by atoms with Gasteiger partial charge in [0.25, 0.3) is 5.91 Å². The zero-order valence-corrected chi connectivity index (χ0v) is 7.99. The van der Waals surface area contributed by atoms with Crippen molar-refractivity contribution in [3.8, 4) is 0 Å². The average molecular weight is 195 g/mol. The largest absolute Gasteiger partial charge is 0.367 e. The smallest absolute Gasteiger partial charge is 0.260 e. The van der Waals surface area contributed by atoms with E-state index < -0.39 is 0 Å². The summed E-state index contributed by atoms with van der Waals surface area (Å²) in [6, 6.07) is 3.69. The molecule has 0 spiro atoms. The maximum Gasteiger partial charge on any atom is 0.260 e. The highest BCUT2D eigenvalue weighted by atomic mass is 16.5. The molecule has 76 valence electrons. The van der Waals surface area contributed by atoms with Gasteiger partial charge in [-0.25, -0.2) is 5.43 Å². The van der Waals surface area contributed by atoms with E-state index in [0.29, 0.717) is 6.61 Å². The Balaban J connectivity index is 2.19. The molecule has 1 heterocycles. The first-order valence-corrected chi connectivity index (χ1v) is 4.25. The van der Waals surface area contributed by atoms with Gasteiger partial charge in [0.2, 0.25) is 0 Å². The van der Waals surface area contributed by atoms with Gasteiger partial charge in [-0.3, -0.25) is 15.2 Å². The van der Waals surface area contributed by atoms with Crippen molar-refractivity contribution >= 4 is 5.91 Å². The quantitative estimate of drug-likeness (QED) is 0.641. The molecule has 1 aromatic heterocycles. The Morgan fingerprint density at radius 3 is 2.86 bits per heavy atom. The van der Waals surface area contributed by atoms with E-state index in [1.165, 1.54) is 0 Å². The van der Waals surface area contributed by atoms with Crippen LogP contribution in [0.15, 0.2) is 24.5 Å². The van der Waals surface area contributed by atoms with Crippen LogP contribution in [0.2, 0.25) is 0 Å². The average Bonchev–Trinajstić information content (AvgIpc) is 2.20. The van der Waals surface area contributed by atoms with Crippen molar-refractivity contribution in [1.82, 2.24) is 15.8 Å². The standard InChI is InChI=1S/C9H13N3O2/c1-10-12-9(13)7-14-6-8-2-4-11-5-3-8/h2-5,10H,6-7H2,1H3,(H,12,13). The molecular formula is C9H13N3O2. The Morgan fingerprint density at radius 1 is 1.50 bits per heavy atom. The lowest BCUT2D eigenvalue weighted by Gasteiger charge is -2.04. The second-order valence-electron chi connectivity index (χ2n) is 2.65. The summed E-state index contributed by atoms with van der Waals surface area (Å²) in [4.78, 5) is 14.8. The number of nitrogens with one attached hydrogen (secondary N) is 2. The van der Waals surface area contributed by atoms with Gasteiger partial charge in [0.15, 0.2) is 0 Å². The number of rotatable bonds is 5. The number of hydrazine groups is 1. The molecule has 5 heteroatoms. The van der Waals surface area contributed by atoms with Crippen LogP contribution in [0.5, 0.6) is 0 Å². The predicted molar refractivity (Wildman–Crippen MR) is 51.1 cm³/mol. The Bertz CT molecular complexity index is 277. The molecule has 2 N–H and O–H groups in total.